The zero-order valence-electron chi connectivity index (χ0n) is 32.1. The number of carbonyl (C=O) groups is 2. The van der Waals surface area contributed by atoms with E-state index in [0.29, 0.717) is 0 Å². The topological polar surface area (TPSA) is 385 Å². The Morgan fingerprint density at radius 3 is 1.82 bits per heavy atom. The molecule has 27 nitrogen and oxygen atoms in total. The van der Waals surface area contributed by atoms with Gasteiger partial charge in [0, 0.05) is 12.8 Å². The Hall–Kier alpha value is -5.79. The zero-order chi connectivity index (χ0) is 46.9. The van der Waals surface area contributed by atoms with Crippen LogP contribution in [0, 0.1) is 29.1 Å². The van der Waals surface area contributed by atoms with Crippen molar-refractivity contribution in [3.05, 3.63) is 62.4 Å². The Bertz CT molecular complexity index is 2930. The Kier molecular flexibility index (Phi) is 12.1. The minimum absolute atomic E-state index is 0.210. The van der Waals surface area contributed by atoms with Crippen molar-refractivity contribution >= 4 is 61.7 Å². The van der Waals surface area contributed by atoms with Gasteiger partial charge < -0.3 is 45.9 Å². The van der Waals surface area contributed by atoms with E-state index in [-0.39, 0.29) is 28.3 Å². The van der Waals surface area contributed by atoms with Gasteiger partial charge in [-0.15, -0.1) is 0 Å². The average Bonchev–Trinajstić information content (AvgIpc) is 4.00. The number of anilines is 2. The minimum atomic E-state index is -5.42. The molecule has 3 aliphatic rings. The van der Waals surface area contributed by atoms with Gasteiger partial charge in [0.15, 0.2) is 34.8 Å². The number of aliphatic hydroxyl groups excluding tert-OH is 1. The molecule has 3 aliphatic heterocycles. The van der Waals surface area contributed by atoms with Gasteiger partial charge in [0.2, 0.25) is 52.6 Å². The lowest BCUT2D eigenvalue weighted by Gasteiger charge is -2.29. The maximum absolute atomic E-state index is 14.1. The number of H-pyrrole nitrogens is 2. The predicted octanol–water partition coefficient (Wildman–Crippen LogP) is -0.453. The quantitative estimate of drug-likeness (QED) is 0.0244. The number of aromatic amines is 2. The number of phosphoric acid groups is 2. The van der Waals surface area contributed by atoms with Crippen LogP contribution in [0.4, 0.5) is 33.8 Å². The lowest BCUT2D eigenvalue weighted by atomic mass is 10.1. The SMILES string of the molecule is Nc1nc2c(ncn2[C@@H]2O[C@@H]3COP(=O)(O)O[C@@H]4[C@H](NC(=O)CCCC(=O)Oc5c(F)c(F)c(F)c(F)c5F)[C@H](n5cnc6c(=O)[nH]c(N)nc65)O[C@@H]4COP(=O)(O)O[C@H]3[C@@H]2O)c(=O)[nH]1. The first-order valence-corrected chi connectivity index (χ1v) is 21.4. The Morgan fingerprint density at radius 1 is 0.785 bits per heavy atom. The molecule has 7 heterocycles. The summed E-state index contributed by atoms with van der Waals surface area (Å²) in [5.74, 6) is -17.4. The number of nitrogens with one attached hydrogen (secondary N) is 3. The maximum atomic E-state index is 14.1. The van der Waals surface area contributed by atoms with E-state index < -0.39 is 161 Å². The first-order valence-electron chi connectivity index (χ1n) is 18.4. The number of hydrogen-bond donors (Lipinski definition) is 8. The number of esters is 1. The number of fused-ring (bicyclic) bond motifs is 4. The number of nitrogens with two attached hydrogens (primary N) is 2. The number of ether oxygens (including phenoxy) is 3. The van der Waals surface area contributed by atoms with Crippen molar-refractivity contribution in [2.75, 3.05) is 24.7 Å². The third-order valence-electron chi connectivity index (χ3n) is 9.91. The predicted molar refractivity (Wildman–Crippen MR) is 198 cm³/mol. The molecule has 4 aromatic heterocycles. The van der Waals surface area contributed by atoms with Gasteiger partial charge in [-0.3, -0.25) is 56.4 Å². The number of nitrogens with zero attached hydrogens (tertiary/aromatic N) is 6. The number of rotatable bonds is 8. The Balaban J connectivity index is 1.05. The molecule has 34 heteroatoms. The van der Waals surface area contributed by atoms with Gasteiger partial charge in [-0.2, -0.15) is 18.7 Å². The number of halogens is 5. The van der Waals surface area contributed by atoms with E-state index >= 15 is 0 Å². The minimum Gasteiger partial charge on any atom is -0.420 e. The number of amides is 1. The molecule has 3 saturated heterocycles. The van der Waals surface area contributed by atoms with Crippen molar-refractivity contribution in [2.24, 2.45) is 0 Å². The van der Waals surface area contributed by atoms with Crippen LogP contribution >= 0.6 is 15.6 Å². The fourth-order valence-corrected chi connectivity index (χ4v) is 9.00. The van der Waals surface area contributed by atoms with Crippen LogP contribution in [-0.4, -0.2) is 116 Å². The molecule has 0 aliphatic carbocycles. The summed E-state index contributed by atoms with van der Waals surface area (Å²) in [6, 6.07) is -1.72. The van der Waals surface area contributed by atoms with E-state index in [9.17, 15) is 65.2 Å². The molecule has 10 N–H and O–H groups in total. The fraction of sp³-hybridized carbons (Fsp3) is 0.419. The zero-order valence-corrected chi connectivity index (χ0v) is 33.9. The summed E-state index contributed by atoms with van der Waals surface area (Å²) < 4.78 is 135. The van der Waals surface area contributed by atoms with Crippen molar-refractivity contribution in [1.82, 2.24) is 44.4 Å². The number of nitrogen functional groups attached to an aromatic ring is 2. The molecule has 0 bridgehead atoms. The van der Waals surface area contributed by atoms with E-state index in [1.807, 2.05) is 0 Å². The van der Waals surface area contributed by atoms with E-state index in [2.05, 4.69) is 40.0 Å². The molecule has 8 rings (SSSR count). The monoisotopic (exact) mass is 969 g/mol. The molecule has 0 saturated carbocycles. The highest BCUT2D eigenvalue weighted by Gasteiger charge is 2.54. The summed E-state index contributed by atoms with van der Waals surface area (Å²) >= 11 is 0. The van der Waals surface area contributed by atoms with Crippen molar-refractivity contribution in [2.45, 2.75) is 68.3 Å². The molecule has 1 aromatic carbocycles. The molecule has 1 amide bonds. The van der Waals surface area contributed by atoms with E-state index in [0.717, 1.165) is 21.8 Å². The van der Waals surface area contributed by atoms with E-state index in [1.54, 1.807) is 0 Å². The third-order valence-corrected chi connectivity index (χ3v) is 11.9. The molecule has 65 heavy (non-hydrogen) atoms. The van der Waals surface area contributed by atoms with Gasteiger partial charge in [-0.1, -0.05) is 0 Å². The largest absolute Gasteiger partial charge is 0.472 e. The highest BCUT2D eigenvalue weighted by Crippen LogP contribution is 2.54. The first kappa shape index (κ1) is 45.8. The third kappa shape index (κ3) is 8.84. The van der Waals surface area contributed by atoms with Crippen LogP contribution in [0.2, 0.25) is 0 Å². The standard InChI is InChI=1S/C31H30F5N11O16P2/c32-12-13(33)15(35)23(16(36)14(12)34)61-11(49)3-1-2-10(48)41-17-21-8(59-28(17)46-6-39-18-24(46)42-30(37)44-26(18)51)4-57-65(55,56)63-22-9(5-58-64(53,54)62-21)60-29(20(22)50)47-7-40-19-25(47)43-31(38)45-27(19)52/h6-9,17,20-22,28-29,50H,1-5H2,(H,41,48)(H,53,54)(H,55,56)(H3,37,42,44,51)(H3,38,43,45,52)/t8-,9-,17+,20+,21+,22-,28-,29-/m1/s1. The van der Waals surface area contributed by atoms with Crippen LogP contribution in [-0.2, 0) is 46.3 Å². The average molecular weight is 970 g/mol. The normalized spacial score (nSPS) is 29.5. The second-order valence-corrected chi connectivity index (χ2v) is 17.0. The molecule has 10 atom stereocenters. The molecule has 2 unspecified atom stereocenters. The summed E-state index contributed by atoms with van der Waals surface area (Å²) in [5, 5.41) is 13.7. The molecule has 3 fully saturated rings. The van der Waals surface area contributed by atoms with Gasteiger partial charge in [0.25, 0.3) is 11.1 Å². The summed E-state index contributed by atoms with van der Waals surface area (Å²) in [4.78, 5) is 93.1. The number of hydrogen-bond acceptors (Lipinski definition) is 20. The van der Waals surface area contributed by atoms with Crippen LogP contribution in [0.25, 0.3) is 22.3 Å². The highest BCUT2D eigenvalue weighted by atomic mass is 31.2. The van der Waals surface area contributed by atoms with Gasteiger partial charge in [0.1, 0.15) is 36.6 Å². The van der Waals surface area contributed by atoms with E-state index in [1.165, 1.54) is 0 Å². The number of aromatic nitrogens is 8. The molecule has 5 aromatic rings. The lowest BCUT2D eigenvalue weighted by Crippen LogP contribution is -2.48. The van der Waals surface area contributed by atoms with E-state index in [4.69, 9.17) is 39.0 Å². The number of carbonyl (C=O) groups excluding carboxylic acids is 2. The number of phosphoric ester groups is 2. The van der Waals surface area contributed by atoms with Crippen molar-refractivity contribution in [3.63, 3.8) is 0 Å². The van der Waals surface area contributed by atoms with Crippen LogP contribution < -0.4 is 32.6 Å². The summed E-state index contributed by atoms with van der Waals surface area (Å²) in [6.07, 6.45) is -12.5. The highest BCUT2D eigenvalue weighted by molar-refractivity contribution is 7.47. The van der Waals surface area contributed by atoms with Crippen LogP contribution in [0.3, 0.4) is 0 Å². The molecular formula is C31H30F5N11O16P2. The van der Waals surface area contributed by atoms with Crippen molar-refractivity contribution in [1.29, 1.82) is 0 Å². The van der Waals surface area contributed by atoms with Gasteiger partial charge in [-0.05, 0) is 6.42 Å². The molecule has 0 spiro atoms. The van der Waals surface area contributed by atoms with Crippen LogP contribution in [0.5, 0.6) is 5.75 Å². The lowest BCUT2D eigenvalue weighted by molar-refractivity contribution is -0.135. The summed E-state index contributed by atoms with van der Waals surface area (Å²) in [7, 11) is -10.8. The molecular weight excluding hydrogens is 939 g/mol. The van der Waals surface area contributed by atoms with Gasteiger partial charge >= 0.3 is 21.6 Å². The first-order chi connectivity index (χ1) is 30.6. The molecule has 0 radical (unpaired) electrons. The summed E-state index contributed by atoms with van der Waals surface area (Å²) in [5.41, 5.74) is 8.70. The maximum Gasteiger partial charge on any atom is 0.472 e. The smallest absolute Gasteiger partial charge is 0.420 e. The van der Waals surface area contributed by atoms with Crippen LogP contribution in [0.15, 0.2) is 22.2 Å². The number of aliphatic hydroxyl groups is 1. The fourth-order valence-electron chi connectivity index (χ4n) is 7.06. The Labute approximate surface area is 355 Å². The molecule has 350 valence electrons. The number of imidazole rings is 2. The summed E-state index contributed by atoms with van der Waals surface area (Å²) in [6.45, 7) is -2.10. The van der Waals surface area contributed by atoms with Crippen LogP contribution in [0.1, 0.15) is 31.7 Å². The van der Waals surface area contributed by atoms with Crippen molar-refractivity contribution in [3.8, 4) is 5.75 Å². The van der Waals surface area contributed by atoms with Crippen molar-refractivity contribution < 1.29 is 87.9 Å². The van der Waals surface area contributed by atoms with Gasteiger partial charge in [0.05, 0.1) is 25.9 Å². The second kappa shape index (κ2) is 17.2. The number of benzene rings is 1. The van der Waals surface area contributed by atoms with Gasteiger partial charge in [-0.25, -0.2) is 32.3 Å². The second-order valence-electron chi connectivity index (χ2n) is 14.2. The Morgan fingerprint density at radius 2 is 1.26 bits per heavy atom.